The third kappa shape index (κ3) is 4.76. The number of anilines is 1. The average Bonchev–Trinajstić information content (AvgIpc) is 3.14. The molecule has 2 unspecified atom stereocenters. The molecule has 3 fully saturated rings. The number of fused-ring (bicyclic) bond motifs is 2. The Hall–Kier alpha value is -2.13. The van der Waals surface area contributed by atoms with E-state index in [0.717, 1.165) is 32.2 Å². The van der Waals surface area contributed by atoms with Crippen molar-refractivity contribution in [1.29, 1.82) is 0 Å². The van der Waals surface area contributed by atoms with E-state index in [1.165, 1.54) is 11.3 Å². The minimum Gasteiger partial charge on any atom is -0.368 e. The van der Waals surface area contributed by atoms with Crippen LogP contribution in [0.4, 0.5) is 5.69 Å². The second kappa shape index (κ2) is 9.63. The predicted molar refractivity (Wildman–Crippen MR) is 142 cm³/mol. The van der Waals surface area contributed by atoms with Crippen LogP contribution < -0.4 is 16.0 Å². The molecule has 1 heterocycles. The van der Waals surface area contributed by atoms with E-state index in [1.54, 1.807) is 0 Å². The maximum Gasteiger partial charge on any atom is 0.237 e. The molecule has 5 atom stereocenters. The molecule has 2 aliphatic carbocycles. The normalized spacial score (nSPS) is 30.3. The zero-order valence-electron chi connectivity index (χ0n) is 22.3. The van der Waals surface area contributed by atoms with Crippen LogP contribution in [0.2, 0.25) is 0 Å². The molecule has 2 bridgehead atoms. The topological polar surface area (TPSA) is 113 Å². The molecular formula is C27H42N4O4S. The largest absolute Gasteiger partial charge is 0.368 e. The van der Waals surface area contributed by atoms with Gasteiger partial charge in [0, 0.05) is 44.2 Å². The number of nitrogens with zero attached hydrogens (tertiary/aromatic N) is 2. The van der Waals surface area contributed by atoms with E-state index in [4.69, 9.17) is 5.73 Å². The van der Waals surface area contributed by atoms with Gasteiger partial charge >= 0.3 is 0 Å². The van der Waals surface area contributed by atoms with Crippen LogP contribution in [0.5, 0.6) is 0 Å². The third-order valence-electron chi connectivity index (χ3n) is 9.62. The number of amides is 2. The summed E-state index contributed by atoms with van der Waals surface area (Å²) in [7, 11) is -3.21. The lowest BCUT2D eigenvalue weighted by molar-refractivity contribution is -0.139. The number of carbonyl (C=O) groups is 2. The standard InChI is InChI=1S/C27H42N4O4S/c1-18-8-6-7-9-21(18)30-13-15-31(16-14-30)25(33)22-19-10-12-27(4,26(19,2)3)23(22)29-24(32)20(28)11-17-36(5,34)35/h6-9,19-20,22-23H,10-17,28H2,1-5H3,(H,29,32)/t19?,20?,22-,23-,27-/m0/s1. The molecule has 9 heteroatoms. The highest BCUT2D eigenvalue weighted by atomic mass is 32.2. The molecule has 0 radical (unpaired) electrons. The van der Waals surface area contributed by atoms with Gasteiger partial charge in [0.05, 0.1) is 17.7 Å². The van der Waals surface area contributed by atoms with Crippen LogP contribution in [0.1, 0.15) is 45.6 Å². The van der Waals surface area contributed by atoms with Crippen molar-refractivity contribution in [3.8, 4) is 0 Å². The number of hydrogen-bond donors (Lipinski definition) is 2. The van der Waals surface area contributed by atoms with Crippen LogP contribution in [-0.4, -0.2) is 75.4 Å². The minimum absolute atomic E-state index is 0.0698. The second-order valence-electron chi connectivity index (χ2n) is 11.9. The lowest BCUT2D eigenvalue weighted by Crippen LogP contribution is -2.58. The van der Waals surface area contributed by atoms with Crippen LogP contribution in [-0.2, 0) is 19.4 Å². The number of nitrogens with one attached hydrogen (secondary N) is 1. The molecule has 8 nitrogen and oxygen atoms in total. The minimum atomic E-state index is -3.21. The van der Waals surface area contributed by atoms with Crippen molar-refractivity contribution in [2.24, 2.45) is 28.4 Å². The predicted octanol–water partition coefficient (Wildman–Crippen LogP) is 1.96. The number of carbonyl (C=O) groups excluding carboxylic acids is 2. The van der Waals surface area contributed by atoms with Crippen molar-refractivity contribution in [3.63, 3.8) is 0 Å². The molecule has 36 heavy (non-hydrogen) atoms. The van der Waals surface area contributed by atoms with Crippen molar-refractivity contribution >= 4 is 27.3 Å². The highest BCUT2D eigenvalue weighted by Gasteiger charge is 2.68. The van der Waals surface area contributed by atoms with Crippen molar-refractivity contribution in [3.05, 3.63) is 29.8 Å². The van der Waals surface area contributed by atoms with Crippen LogP contribution in [0.3, 0.4) is 0 Å². The smallest absolute Gasteiger partial charge is 0.237 e. The van der Waals surface area contributed by atoms with E-state index in [-0.39, 0.29) is 52.7 Å². The monoisotopic (exact) mass is 518 g/mol. The maximum atomic E-state index is 14.0. The first kappa shape index (κ1) is 26.9. The van der Waals surface area contributed by atoms with Gasteiger partial charge in [-0.2, -0.15) is 0 Å². The molecule has 0 aromatic heterocycles. The molecule has 1 aromatic carbocycles. The number of piperazine rings is 1. The van der Waals surface area contributed by atoms with Crippen molar-refractivity contribution in [1.82, 2.24) is 10.2 Å². The van der Waals surface area contributed by atoms with Gasteiger partial charge in [-0.05, 0) is 54.6 Å². The Morgan fingerprint density at radius 2 is 1.78 bits per heavy atom. The van der Waals surface area contributed by atoms with Crippen LogP contribution in [0, 0.1) is 29.6 Å². The Morgan fingerprint density at radius 1 is 1.14 bits per heavy atom. The maximum absolute atomic E-state index is 14.0. The van der Waals surface area contributed by atoms with Gasteiger partial charge in [-0.3, -0.25) is 9.59 Å². The first-order valence-corrected chi connectivity index (χ1v) is 15.2. The summed E-state index contributed by atoms with van der Waals surface area (Å²) in [5.41, 5.74) is 8.19. The van der Waals surface area contributed by atoms with Crippen LogP contribution in [0.15, 0.2) is 24.3 Å². The fourth-order valence-corrected chi connectivity index (χ4v) is 7.65. The Morgan fingerprint density at radius 3 is 2.39 bits per heavy atom. The molecule has 1 saturated heterocycles. The van der Waals surface area contributed by atoms with E-state index >= 15 is 0 Å². The van der Waals surface area contributed by atoms with Crippen molar-refractivity contribution in [2.75, 3.05) is 43.1 Å². The summed E-state index contributed by atoms with van der Waals surface area (Å²) >= 11 is 0. The molecule has 3 aliphatic rings. The van der Waals surface area contributed by atoms with Gasteiger partial charge in [-0.1, -0.05) is 39.0 Å². The molecule has 2 amide bonds. The number of benzene rings is 1. The van der Waals surface area contributed by atoms with Crippen LogP contribution in [0.25, 0.3) is 0 Å². The first-order valence-electron chi connectivity index (χ1n) is 13.1. The molecule has 2 saturated carbocycles. The fraction of sp³-hybridized carbons (Fsp3) is 0.704. The van der Waals surface area contributed by atoms with E-state index in [2.05, 4.69) is 50.0 Å². The summed E-state index contributed by atoms with van der Waals surface area (Å²) in [6.45, 7) is 11.6. The molecule has 4 rings (SSSR count). The summed E-state index contributed by atoms with van der Waals surface area (Å²) < 4.78 is 23.1. The van der Waals surface area contributed by atoms with Crippen molar-refractivity contribution in [2.45, 2.75) is 59.0 Å². The molecule has 0 spiro atoms. The van der Waals surface area contributed by atoms with Crippen molar-refractivity contribution < 1.29 is 18.0 Å². The molecule has 1 aliphatic heterocycles. The fourth-order valence-electron chi connectivity index (χ4n) is 6.97. The Bertz CT molecular complexity index is 1110. The number of rotatable bonds is 7. The zero-order valence-corrected chi connectivity index (χ0v) is 23.1. The zero-order chi connectivity index (χ0) is 26.5. The summed E-state index contributed by atoms with van der Waals surface area (Å²) in [6.07, 6.45) is 3.12. The molecule has 3 N–H and O–H groups in total. The molecule has 1 aromatic rings. The summed E-state index contributed by atoms with van der Waals surface area (Å²) in [6, 6.07) is 7.09. The van der Waals surface area contributed by atoms with Gasteiger partial charge in [-0.15, -0.1) is 0 Å². The third-order valence-corrected chi connectivity index (χ3v) is 10.6. The van der Waals surface area contributed by atoms with Gasteiger partial charge < -0.3 is 20.9 Å². The van der Waals surface area contributed by atoms with Gasteiger partial charge in [0.1, 0.15) is 9.84 Å². The highest BCUT2D eigenvalue weighted by molar-refractivity contribution is 7.90. The number of sulfone groups is 1. The van der Waals surface area contributed by atoms with Crippen LogP contribution >= 0.6 is 0 Å². The Balaban J connectivity index is 1.49. The van der Waals surface area contributed by atoms with Gasteiger partial charge in [0.2, 0.25) is 11.8 Å². The van der Waals surface area contributed by atoms with Gasteiger partial charge in [-0.25, -0.2) is 8.42 Å². The van der Waals surface area contributed by atoms with E-state index in [1.807, 2.05) is 17.0 Å². The Labute approximate surface area is 215 Å². The quantitative estimate of drug-likeness (QED) is 0.571. The summed E-state index contributed by atoms with van der Waals surface area (Å²) in [5, 5.41) is 3.14. The van der Waals surface area contributed by atoms with E-state index in [9.17, 15) is 18.0 Å². The second-order valence-corrected chi connectivity index (χ2v) is 14.2. The first-order chi connectivity index (χ1) is 16.8. The number of hydrogen-bond acceptors (Lipinski definition) is 6. The van der Waals surface area contributed by atoms with Gasteiger partial charge in [0.25, 0.3) is 0 Å². The van der Waals surface area contributed by atoms with E-state index < -0.39 is 15.9 Å². The number of para-hydroxylation sites is 1. The Kier molecular flexibility index (Phi) is 7.20. The summed E-state index contributed by atoms with van der Waals surface area (Å²) in [4.78, 5) is 31.4. The summed E-state index contributed by atoms with van der Waals surface area (Å²) in [5.74, 6) is -0.492. The van der Waals surface area contributed by atoms with E-state index in [0.29, 0.717) is 13.1 Å². The average molecular weight is 519 g/mol. The number of aryl methyl sites for hydroxylation is 1. The number of nitrogens with two attached hydrogens (primary N) is 1. The molecule has 200 valence electrons. The highest BCUT2D eigenvalue weighted by Crippen LogP contribution is 2.67. The lowest BCUT2D eigenvalue weighted by atomic mass is 9.69. The molecular weight excluding hydrogens is 476 g/mol. The SMILES string of the molecule is Cc1ccccc1N1CCN(C(=O)[C@H]2C3CC[C@@](C)([C@H]2NC(=O)C(N)CCS(C)(=O)=O)C3(C)C)CC1. The van der Waals surface area contributed by atoms with Gasteiger partial charge in [0.15, 0.2) is 0 Å². The lowest BCUT2D eigenvalue weighted by Gasteiger charge is -2.43.